The molecule has 0 bridgehead atoms. The van der Waals surface area contributed by atoms with Crippen LogP contribution in [0, 0.1) is 17.8 Å². The van der Waals surface area contributed by atoms with Crippen LogP contribution in [0.3, 0.4) is 0 Å². The van der Waals surface area contributed by atoms with Gasteiger partial charge in [-0.1, -0.05) is 98.5 Å². The van der Waals surface area contributed by atoms with Gasteiger partial charge in [0.2, 0.25) is 17.8 Å². The molecule has 3 unspecified atom stereocenters. The monoisotopic (exact) mass is 1160 g/mol. The number of hydrogen-bond acceptors (Lipinski definition) is 22. The molecule has 80 heavy (non-hydrogen) atoms. The number of carbonyl (C=O) groups excluding carboxylic acids is 1. The summed E-state index contributed by atoms with van der Waals surface area (Å²) < 4.78 is 28.9. The first-order valence-corrected chi connectivity index (χ1v) is 28.8. The van der Waals surface area contributed by atoms with Crippen LogP contribution in [0.5, 0.6) is 0 Å². The summed E-state index contributed by atoms with van der Waals surface area (Å²) in [5, 5.41) is 20.2. The number of aliphatic hydroxyl groups excluding tert-OH is 2. The van der Waals surface area contributed by atoms with Gasteiger partial charge in [-0.05, 0) is 69.9 Å². The van der Waals surface area contributed by atoms with Crippen LogP contribution in [0.4, 0.5) is 17.8 Å². The number of esters is 1. The van der Waals surface area contributed by atoms with Crippen molar-refractivity contribution in [3.8, 4) is 0 Å². The van der Waals surface area contributed by atoms with Gasteiger partial charge in [-0.25, -0.2) is 4.79 Å². The Morgan fingerprint density at radius 2 is 1.01 bits per heavy atom. The first-order chi connectivity index (χ1) is 38.3. The summed E-state index contributed by atoms with van der Waals surface area (Å²) in [4.78, 5) is 105. The van der Waals surface area contributed by atoms with Gasteiger partial charge in [-0.3, -0.25) is 57.4 Å². The van der Waals surface area contributed by atoms with Gasteiger partial charge in [-0.2, -0.15) is 15.0 Å². The van der Waals surface area contributed by atoms with Gasteiger partial charge < -0.3 is 46.4 Å². The average Bonchev–Trinajstić information content (AvgIpc) is 4.39. The number of nitrogens with one attached hydrogen (secondary N) is 3. The highest BCUT2D eigenvalue weighted by atomic mass is 32.1. The number of fused-ring (bicyclic) bond motifs is 3. The number of nitrogens with zero attached hydrogens (tertiary/aromatic N) is 6. The molecule has 3 fully saturated rings. The molecular weight excluding hydrogens is 1100 g/mol. The molecule has 0 spiro atoms. The maximum atomic E-state index is 12.8. The molecule has 1 aromatic carbocycles. The summed E-state index contributed by atoms with van der Waals surface area (Å²) in [5.41, 5.74) is 16.8. The maximum absolute atomic E-state index is 12.8. The second-order valence-electron chi connectivity index (χ2n) is 19.7. The van der Waals surface area contributed by atoms with Crippen molar-refractivity contribution >= 4 is 88.9 Å². The Balaban J connectivity index is 0.000000160. The number of hydrogen-bond donors (Lipinski definition) is 8. The molecule has 11 N–H and O–H groups in total. The van der Waals surface area contributed by atoms with Crippen LogP contribution in [0.25, 0.3) is 31.0 Å². The molecule has 9 heterocycles. The third-order valence-corrected chi connectivity index (χ3v) is 17.2. The number of aromatic nitrogens is 9. The fourth-order valence-corrected chi connectivity index (χ4v) is 13.1. The van der Waals surface area contributed by atoms with Crippen molar-refractivity contribution in [2.75, 3.05) is 17.2 Å². The van der Waals surface area contributed by atoms with E-state index in [-0.39, 0.29) is 93.5 Å². The van der Waals surface area contributed by atoms with Crippen molar-refractivity contribution in [3.05, 3.63) is 121 Å². The van der Waals surface area contributed by atoms with Crippen LogP contribution in [0.1, 0.15) is 121 Å². The summed E-state index contributed by atoms with van der Waals surface area (Å²) in [7, 11) is 0. The van der Waals surface area contributed by atoms with E-state index < -0.39 is 65.7 Å². The second-order valence-corrected chi connectivity index (χ2v) is 22.6. The van der Waals surface area contributed by atoms with Gasteiger partial charge in [-0.15, -0.1) is 13.2 Å². The number of allylic oxidation sites excluding steroid dienone is 2. The predicted molar refractivity (Wildman–Crippen MR) is 306 cm³/mol. The van der Waals surface area contributed by atoms with Crippen molar-refractivity contribution in [1.29, 1.82) is 0 Å². The third-order valence-electron chi connectivity index (χ3n) is 14.4. The number of nitrogen functional groups attached to an aromatic ring is 3. The van der Waals surface area contributed by atoms with E-state index >= 15 is 0 Å². The molecular formula is C52H66N12O13S3. The summed E-state index contributed by atoms with van der Waals surface area (Å²) in [5.74, 6) is -0.655. The van der Waals surface area contributed by atoms with Crippen molar-refractivity contribution in [1.82, 2.24) is 43.6 Å². The number of nitrogens with two attached hydrogens (primary N) is 3. The fourth-order valence-electron chi connectivity index (χ4n) is 10.6. The molecule has 3 aliphatic heterocycles. The summed E-state index contributed by atoms with van der Waals surface area (Å²) in [6.45, 7) is 15.3. The van der Waals surface area contributed by atoms with E-state index in [4.69, 9.17) is 36.1 Å². The van der Waals surface area contributed by atoms with Crippen LogP contribution < -0.4 is 48.5 Å². The molecule has 3 saturated heterocycles. The fraction of sp³-hybridized carbons (Fsp3) is 0.500. The van der Waals surface area contributed by atoms with Crippen molar-refractivity contribution in [3.63, 3.8) is 0 Å². The Morgan fingerprint density at radius 1 is 0.637 bits per heavy atom. The zero-order chi connectivity index (χ0) is 57.7. The molecule has 28 heteroatoms. The molecule has 7 aromatic rings. The summed E-state index contributed by atoms with van der Waals surface area (Å²) in [6, 6.07) is 8.76. The average molecular weight is 1160 g/mol. The lowest BCUT2D eigenvalue weighted by molar-refractivity contribution is -0.0737. The normalized spacial score (nSPS) is 23.8. The molecule has 0 aliphatic carbocycles. The molecule has 0 saturated carbocycles. The second kappa shape index (κ2) is 25.7. The van der Waals surface area contributed by atoms with Crippen molar-refractivity contribution < 1.29 is 34.0 Å². The molecule has 0 amide bonds. The molecule has 6 aromatic heterocycles. The van der Waals surface area contributed by atoms with Gasteiger partial charge >= 0.3 is 20.6 Å². The van der Waals surface area contributed by atoms with E-state index in [2.05, 4.69) is 50.0 Å². The zero-order valence-electron chi connectivity index (χ0n) is 44.5. The third kappa shape index (κ3) is 12.4. The number of rotatable bonds is 17. The predicted octanol–water partition coefficient (Wildman–Crippen LogP) is 5.03. The first-order valence-electron chi connectivity index (χ1n) is 26.4. The quantitative estimate of drug-likeness (QED) is 0.0438. The summed E-state index contributed by atoms with van der Waals surface area (Å²) >= 11 is 2.45. The lowest BCUT2D eigenvalue weighted by Crippen LogP contribution is -2.31. The number of benzene rings is 1. The van der Waals surface area contributed by atoms with Crippen molar-refractivity contribution in [2.24, 2.45) is 17.8 Å². The Labute approximate surface area is 467 Å². The maximum Gasteiger partial charge on any atom is 0.338 e. The smallest absolute Gasteiger partial charge is 0.338 e. The topological polar surface area (TPSA) is 376 Å². The van der Waals surface area contributed by atoms with Gasteiger partial charge in [0, 0.05) is 17.8 Å². The van der Waals surface area contributed by atoms with E-state index in [0.717, 1.165) is 46.9 Å². The largest absolute Gasteiger partial charge is 0.456 e. The number of anilines is 3. The number of aromatic amines is 3. The molecule has 0 radical (unpaired) electrons. The summed E-state index contributed by atoms with van der Waals surface area (Å²) in [6.07, 6.45) is 5.42. The highest BCUT2D eigenvalue weighted by molar-refractivity contribution is 7.16. The lowest BCUT2D eigenvalue weighted by atomic mass is 9.95. The minimum absolute atomic E-state index is 0.0331. The Morgan fingerprint density at radius 3 is 1.39 bits per heavy atom. The molecule has 12 atom stereocenters. The van der Waals surface area contributed by atoms with E-state index in [9.17, 15) is 43.8 Å². The Kier molecular flexibility index (Phi) is 19.0. The molecule has 430 valence electrons. The highest BCUT2D eigenvalue weighted by Crippen LogP contribution is 2.42. The van der Waals surface area contributed by atoms with Gasteiger partial charge in [0.1, 0.15) is 38.9 Å². The van der Waals surface area contributed by atoms with Crippen LogP contribution in [-0.2, 0) is 18.9 Å². The molecule has 10 rings (SSSR count). The Bertz CT molecular complexity index is 3710. The Hall–Kier alpha value is -6.92. The van der Waals surface area contributed by atoms with Crippen LogP contribution in [0.15, 0.2) is 84.4 Å². The van der Waals surface area contributed by atoms with Gasteiger partial charge in [0.05, 0.1) is 36.1 Å². The van der Waals surface area contributed by atoms with E-state index in [1.165, 1.54) is 13.7 Å². The van der Waals surface area contributed by atoms with E-state index in [1.807, 2.05) is 26.8 Å². The standard InChI is InChI=1S/C22H24N4O5S.C15H22N4O4S.C15H20N4O4S/c1-3-8-13-11-15(14(4-2)31-20(28)12-9-6-5-7-10-12)30-19(13)26-17-16(32-22(26)29)18(27)25-21(23)24-17;2*1-3-5-7-6-9(8(20)4-2)23-13(7)19-11-10(24-15(19)22)12(21)18-14(16)17-11/h3,5-7,9-10,13-15,19H,1,4,8,11H2,2H3,(H3,23,24,25,27);7-9,13,20H,3-6H2,1-2H3,(H3,16,17,18,21);3,7-9,13,20H,1,4-6H2,2H3,(H3,16,17,18,21)/t13-,14?,15+,19-;2*7-,8?,9+,13-/m111/s1. The highest BCUT2D eigenvalue weighted by Gasteiger charge is 2.44. The SMILES string of the molecule is C=CC[C@@H]1C[C@@H](C(CC)OC(=O)c2ccccc2)O[C@H]1n1c(=O)sc2c(=O)[nH]c(N)nc21.C=CC[C@@H]1C[C@@H](C(O)CC)O[C@H]1n1c(=O)sc2c(=O)[nH]c(N)nc21.CCC[C@@H]1C[C@@H](C(O)CC)O[C@H]1n1c(=O)sc2c(=O)[nH]c(N)nc21. The minimum atomic E-state index is -0.683. The van der Waals surface area contributed by atoms with Crippen LogP contribution in [0.2, 0.25) is 0 Å². The van der Waals surface area contributed by atoms with E-state index in [0.29, 0.717) is 56.9 Å². The van der Waals surface area contributed by atoms with Gasteiger partial charge in [0.25, 0.3) is 16.7 Å². The lowest BCUT2D eigenvalue weighted by Gasteiger charge is -2.23. The number of H-pyrrole nitrogens is 3. The number of ether oxygens (including phenoxy) is 4. The van der Waals surface area contributed by atoms with E-state index in [1.54, 1.807) is 36.4 Å². The minimum Gasteiger partial charge on any atom is -0.456 e. The number of aliphatic hydroxyl groups is 2. The van der Waals surface area contributed by atoms with Crippen LogP contribution in [-0.4, -0.2) is 96.4 Å². The number of thiazole rings is 3. The first kappa shape index (κ1) is 59.2. The van der Waals surface area contributed by atoms with Gasteiger partial charge in [0.15, 0.2) is 16.9 Å². The van der Waals surface area contributed by atoms with Crippen LogP contribution >= 0.6 is 34.0 Å². The van der Waals surface area contributed by atoms with Crippen molar-refractivity contribution in [2.45, 2.75) is 147 Å². The molecule has 3 aliphatic rings. The zero-order valence-corrected chi connectivity index (χ0v) is 46.9. The number of carbonyl (C=O) groups is 1. The molecule has 25 nitrogen and oxygen atoms in total.